The number of carbonyl (C=O) groups excluding carboxylic acids is 2. The topological polar surface area (TPSA) is 77.5 Å². The van der Waals surface area contributed by atoms with Gasteiger partial charge in [0.25, 0.3) is 0 Å². The van der Waals surface area contributed by atoms with E-state index < -0.39 is 24.7 Å². The number of nitrogens with one attached hydrogen (secondary N) is 1. The SMILES string of the molecule is CCOC(=O)Cc1csc(NC(=O)CCOCC(F)(F)F)n1. The number of anilines is 1. The second-order valence-corrected chi connectivity index (χ2v) is 4.95. The van der Waals surface area contributed by atoms with Gasteiger partial charge in [-0.1, -0.05) is 0 Å². The standard InChI is InChI=1S/C12H15F3N2O4S/c1-2-21-10(19)5-8-6-22-11(16-8)17-9(18)3-4-20-7-12(13,14)15/h6H,2-5,7H2,1H3,(H,16,17,18). The van der Waals surface area contributed by atoms with E-state index in [4.69, 9.17) is 4.74 Å². The van der Waals surface area contributed by atoms with Crippen LogP contribution in [0.5, 0.6) is 0 Å². The lowest BCUT2D eigenvalue weighted by atomic mass is 10.3. The summed E-state index contributed by atoms with van der Waals surface area (Å²) < 4.78 is 44.5. The molecule has 0 bridgehead atoms. The molecule has 0 fully saturated rings. The van der Waals surface area contributed by atoms with Gasteiger partial charge in [0.1, 0.15) is 6.61 Å². The molecule has 10 heteroatoms. The summed E-state index contributed by atoms with van der Waals surface area (Å²) in [5, 5.41) is 4.27. The summed E-state index contributed by atoms with van der Waals surface area (Å²) in [6.07, 6.45) is -4.63. The third-order valence-electron chi connectivity index (χ3n) is 2.17. The van der Waals surface area contributed by atoms with Crippen molar-refractivity contribution in [1.29, 1.82) is 0 Å². The lowest BCUT2D eigenvalue weighted by Gasteiger charge is -2.07. The Labute approximate surface area is 128 Å². The van der Waals surface area contributed by atoms with Gasteiger partial charge in [-0.3, -0.25) is 9.59 Å². The van der Waals surface area contributed by atoms with E-state index in [1.807, 2.05) is 0 Å². The Hall–Kier alpha value is -1.68. The number of amides is 1. The fraction of sp³-hybridized carbons (Fsp3) is 0.583. The Morgan fingerprint density at radius 3 is 2.77 bits per heavy atom. The molecule has 1 aromatic heterocycles. The molecule has 1 heterocycles. The molecule has 1 rings (SSSR count). The average Bonchev–Trinajstić information content (AvgIpc) is 2.81. The molecule has 0 saturated carbocycles. The van der Waals surface area contributed by atoms with Crippen LogP contribution in [0, 0.1) is 0 Å². The number of halogens is 3. The van der Waals surface area contributed by atoms with Crippen LogP contribution in [0.25, 0.3) is 0 Å². The Balaban J connectivity index is 2.30. The summed E-state index contributed by atoms with van der Waals surface area (Å²) in [4.78, 5) is 26.7. The van der Waals surface area contributed by atoms with Crippen molar-refractivity contribution in [2.45, 2.75) is 25.9 Å². The lowest BCUT2D eigenvalue weighted by molar-refractivity contribution is -0.174. The highest BCUT2D eigenvalue weighted by atomic mass is 32.1. The number of rotatable bonds is 8. The number of nitrogens with zero attached hydrogens (tertiary/aromatic N) is 1. The first-order valence-electron chi connectivity index (χ1n) is 6.34. The van der Waals surface area contributed by atoms with E-state index >= 15 is 0 Å². The molecule has 1 N–H and O–H groups in total. The normalized spacial score (nSPS) is 11.3. The lowest BCUT2D eigenvalue weighted by Crippen LogP contribution is -2.20. The zero-order chi connectivity index (χ0) is 16.6. The number of hydrogen-bond donors (Lipinski definition) is 1. The average molecular weight is 340 g/mol. The highest BCUT2D eigenvalue weighted by Gasteiger charge is 2.27. The van der Waals surface area contributed by atoms with E-state index in [1.54, 1.807) is 12.3 Å². The van der Waals surface area contributed by atoms with Gasteiger partial charge in [-0.25, -0.2) is 4.98 Å². The summed E-state index contributed by atoms with van der Waals surface area (Å²) in [5.74, 6) is -0.939. The number of aromatic nitrogens is 1. The molecule has 22 heavy (non-hydrogen) atoms. The Bertz CT molecular complexity index is 505. The second kappa shape index (κ2) is 8.69. The third-order valence-corrected chi connectivity index (χ3v) is 2.97. The van der Waals surface area contributed by atoms with E-state index in [1.165, 1.54) is 0 Å². The van der Waals surface area contributed by atoms with Gasteiger partial charge < -0.3 is 14.8 Å². The van der Waals surface area contributed by atoms with Crippen LogP contribution >= 0.6 is 11.3 Å². The molecule has 0 saturated heterocycles. The van der Waals surface area contributed by atoms with E-state index in [-0.39, 0.29) is 31.2 Å². The maximum absolute atomic E-state index is 11.8. The number of alkyl halides is 3. The molecule has 0 unspecified atom stereocenters. The van der Waals surface area contributed by atoms with E-state index in [0.29, 0.717) is 5.69 Å². The van der Waals surface area contributed by atoms with E-state index in [0.717, 1.165) is 11.3 Å². The van der Waals surface area contributed by atoms with Gasteiger partial charge in [0.2, 0.25) is 5.91 Å². The van der Waals surface area contributed by atoms with Gasteiger partial charge >= 0.3 is 12.1 Å². The summed E-state index contributed by atoms with van der Waals surface area (Å²) in [5.41, 5.74) is 0.451. The Kier molecular flexibility index (Phi) is 7.25. The number of hydrogen-bond acceptors (Lipinski definition) is 6. The molecule has 0 aliphatic rings. The molecule has 0 aromatic carbocycles. The first-order valence-corrected chi connectivity index (χ1v) is 7.22. The molecule has 0 aliphatic carbocycles. The molecule has 0 spiro atoms. The summed E-state index contributed by atoms with van der Waals surface area (Å²) >= 11 is 1.11. The van der Waals surface area contributed by atoms with Crippen LogP contribution < -0.4 is 5.32 Å². The quantitative estimate of drug-likeness (QED) is 0.580. The van der Waals surface area contributed by atoms with Crippen LogP contribution in [-0.4, -0.2) is 42.9 Å². The van der Waals surface area contributed by atoms with Crippen LogP contribution in [0.1, 0.15) is 19.0 Å². The maximum Gasteiger partial charge on any atom is 0.411 e. The van der Waals surface area contributed by atoms with Crippen molar-refractivity contribution in [1.82, 2.24) is 4.98 Å². The Morgan fingerprint density at radius 1 is 1.41 bits per heavy atom. The molecule has 0 atom stereocenters. The van der Waals surface area contributed by atoms with Crippen molar-refractivity contribution in [3.8, 4) is 0 Å². The van der Waals surface area contributed by atoms with Gasteiger partial charge in [0, 0.05) is 5.38 Å². The van der Waals surface area contributed by atoms with Crippen molar-refractivity contribution in [3.05, 3.63) is 11.1 Å². The molecular formula is C12H15F3N2O4S. The summed E-state index contributed by atoms with van der Waals surface area (Å²) in [6, 6.07) is 0. The first-order chi connectivity index (χ1) is 10.3. The van der Waals surface area contributed by atoms with E-state index in [2.05, 4.69) is 15.0 Å². The fourth-order valence-electron chi connectivity index (χ4n) is 1.34. The number of thiazole rings is 1. The second-order valence-electron chi connectivity index (χ2n) is 4.09. The highest BCUT2D eigenvalue weighted by Crippen LogP contribution is 2.17. The van der Waals surface area contributed by atoms with Crippen molar-refractivity contribution in [2.75, 3.05) is 25.1 Å². The van der Waals surface area contributed by atoms with Crippen molar-refractivity contribution in [3.63, 3.8) is 0 Å². The minimum absolute atomic E-state index is 0.00506. The molecule has 0 radical (unpaired) electrons. The number of carbonyl (C=O) groups is 2. The number of ether oxygens (including phenoxy) is 2. The Morgan fingerprint density at radius 2 is 2.14 bits per heavy atom. The van der Waals surface area contributed by atoms with Crippen molar-refractivity contribution in [2.24, 2.45) is 0 Å². The monoisotopic (exact) mass is 340 g/mol. The largest absolute Gasteiger partial charge is 0.466 e. The predicted molar refractivity (Wildman–Crippen MR) is 72.6 cm³/mol. The summed E-state index contributed by atoms with van der Waals surface area (Å²) in [7, 11) is 0. The van der Waals surface area contributed by atoms with Crippen molar-refractivity contribution >= 4 is 28.3 Å². The highest BCUT2D eigenvalue weighted by molar-refractivity contribution is 7.13. The molecule has 124 valence electrons. The minimum Gasteiger partial charge on any atom is -0.466 e. The zero-order valence-corrected chi connectivity index (χ0v) is 12.6. The maximum atomic E-state index is 11.8. The van der Waals surface area contributed by atoms with Gasteiger partial charge in [0.15, 0.2) is 5.13 Å². The fourth-order valence-corrected chi connectivity index (χ4v) is 2.07. The third kappa shape index (κ3) is 7.93. The van der Waals surface area contributed by atoms with Gasteiger partial charge in [-0.05, 0) is 6.92 Å². The van der Waals surface area contributed by atoms with Crippen LogP contribution in [0.15, 0.2) is 5.38 Å². The molecular weight excluding hydrogens is 325 g/mol. The van der Waals surface area contributed by atoms with Crippen molar-refractivity contribution < 1.29 is 32.2 Å². The minimum atomic E-state index is -4.41. The first kappa shape index (κ1) is 18.4. The van der Waals surface area contributed by atoms with Crippen LogP contribution in [0.2, 0.25) is 0 Å². The van der Waals surface area contributed by atoms with Gasteiger partial charge in [0.05, 0.1) is 31.7 Å². The smallest absolute Gasteiger partial charge is 0.411 e. The van der Waals surface area contributed by atoms with Crippen LogP contribution in [0.3, 0.4) is 0 Å². The molecule has 6 nitrogen and oxygen atoms in total. The summed E-state index contributed by atoms with van der Waals surface area (Å²) in [6.45, 7) is 0.226. The van der Waals surface area contributed by atoms with Crippen LogP contribution in [0.4, 0.5) is 18.3 Å². The molecule has 1 amide bonds. The molecule has 1 aromatic rings. The van der Waals surface area contributed by atoms with Crippen LogP contribution in [-0.2, 0) is 25.5 Å². The van der Waals surface area contributed by atoms with E-state index in [9.17, 15) is 22.8 Å². The number of esters is 1. The zero-order valence-electron chi connectivity index (χ0n) is 11.7. The van der Waals surface area contributed by atoms with Gasteiger partial charge in [-0.2, -0.15) is 13.2 Å². The molecule has 0 aliphatic heterocycles. The van der Waals surface area contributed by atoms with Gasteiger partial charge in [-0.15, -0.1) is 11.3 Å². The predicted octanol–water partition coefficient (Wildman–Crippen LogP) is 2.16.